The molecule has 2 rings (SSSR count). The predicted octanol–water partition coefficient (Wildman–Crippen LogP) is 1.58. The smallest absolute Gasteiger partial charge is 0.169 e. The Morgan fingerprint density at radius 1 is 1.36 bits per heavy atom. The molecule has 1 N–H and O–H groups in total. The van der Waals surface area contributed by atoms with Gasteiger partial charge in [0.1, 0.15) is 6.10 Å². The molecule has 1 atom stereocenters. The molecule has 5 nitrogen and oxygen atoms in total. The van der Waals surface area contributed by atoms with Gasteiger partial charge >= 0.3 is 0 Å². The van der Waals surface area contributed by atoms with Gasteiger partial charge in [0, 0.05) is 26.1 Å². The second kappa shape index (κ2) is 8.19. The molecule has 1 aliphatic heterocycles. The number of rotatable bonds is 6. The molecule has 1 saturated heterocycles. The summed E-state index contributed by atoms with van der Waals surface area (Å²) >= 11 is 5.45. The quantitative estimate of drug-likeness (QED) is 0.801. The average molecular weight is 323 g/mol. The van der Waals surface area contributed by atoms with Gasteiger partial charge in [0.05, 0.1) is 13.7 Å². The van der Waals surface area contributed by atoms with Crippen LogP contribution in [-0.2, 0) is 0 Å². The Labute approximate surface area is 138 Å². The fourth-order valence-electron chi connectivity index (χ4n) is 2.40. The third-order valence-corrected chi connectivity index (χ3v) is 4.03. The third kappa shape index (κ3) is 4.74. The first-order valence-electron chi connectivity index (χ1n) is 7.57. The Kier molecular flexibility index (Phi) is 6.27. The highest BCUT2D eigenvalue weighted by Gasteiger charge is 2.26. The van der Waals surface area contributed by atoms with Crippen molar-refractivity contribution in [1.29, 1.82) is 0 Å². The largest absolute Gasteiger partial charge is 0.493 e. The van der Waals surface area contributed by atoms with Crippen molar-refractivity contribution >= 4 is 17.3 Å². The highest BCUT2D eigenvalue weighted by Crippen LogP contribution is 2.28. The summed E-state index contributed by atoms with van der Waals surface area (Å²) in [6.07, 6.45) is 1.11. The number of benzene rings is 1. The maximum absolute atomic E-state index is 6.06. The molecular weight excluding hydrogens is 298 g/mol. The normalized spacial score (nSPS) is 17.6. The number of hydrogen-bond acceptors (Lipinski definition) is 4. The number of nitrogens with zero attached hydrogens (tertiary/aromatic N) is 2. The Morgan fingerprint density at radius 3 is 2.77 bits per heavy atom. The van der Waals surface area contributed by atoms with E-state index in [1.165, 1.54) is 0 Å². The minimum absolute atomic E-state index is 0.143. The van der Waals surface area contributed by atoms with Crippen LogP contribution in [0.2, 0.25) is 0 Å². The van der Waals surface area contributed by atoms with Crippen molar-refractivity contribution in [3.63, 3.8) is 0 Å². The van der Waals surface area contributed by atoms with Gasteiger partial charge in [0.15, 0.2) is 16.6 Å². The second-order valence-corrected chi connectivity index (χ2v) is 6.05. The molecule has 1 fully saturated rings. The molecule has 1 unspecified atom stereocenters. The van der Waals surface area contributed by atoms with E-state index < -0.39 is 0 Å². The molecule has 0 aliphatic carbocycles. The minimum atomic E-state index is 0.143. The molecule has 0 aromatic heterocycles. The third-order valence-electron chi connectivity index (χ3n) is 3.63. The van der Waals surface area contributed by atoms with E-state index in [1.54, 1.807) is 7.11 Å². The molecule has 0 bridgehead atoms. The average Bonchev–Trinajstić information content (AvgIpc) is 2.96. The molecule has 0 spiro atoms. The molecule has 1 heterocycles. The fourth-order valence-corrected chi connectivity index (χ4v) is 2.67. The van der Waals surface area contributed by atoms with Gasteiger partial charge in [0.2, 0.25) is 0 Å². The van der Waals surface area contributed by atoms with E-state index >= 15 is 0 Å². The number of ether oxygens (including phenoxy) is 2. The van der Waals surface area contributed by atoms with Crippen LogP contribution < -0.4 is 14.8 Å². The molecule has 1 aromatic rings. The number of thiocarbonyl (C=S) groups is 1. The van der Waals surface area contributed by atoms with Crippen molar-refractivity contribution in [2.24, 2.45) is 0 Å². The van der Waals surface area contributed by atoms with Crippen LogP contribution >= 0.6 is 12.2 Å². The number of hydrogen-bond donors (Lipinski definition) is 1. The minimum Gasteiger partial charge on any atom is -0.493 e. The molecule has 1 aliphatic rings. The lowest BCUT2D eigenvalue weighted by molar-refractivity contribution is 0.205. The number of para-hydroxylation sites is 2. The predicted molar refractivity (Wildman–Crippen MR) is 92.8 cm³/mol. The van der Waals surface area contributed by atoms with Gasteiger partial charge in [-0.25, -0.2) is 0 Å². The number of methoxy groups -OCH3 is 1. The molecule has 1 aromatic carbocycles. The van der Waals surface area contributed by atoms with Gasteiger partial charge in [-0.3, -0.25) is 0 Å². The van der Waals surface area contributed by atoms with Crippen molar-refractivity contribution in [2.45, 2.75) is 12.5 Å². The molecule has 122 valence electrons. The summed E-state index contributed by atoms with van der Waals surface area (Å²) in [5, 5.41) is 4.11. The standard InChI is InChI=1S/C16H25N3O2S/c1-18(2)11-9-17-16(22)19-10-8-13(12-19)21-15-7-5-4-6-14(15)20-3/h4-7,13H,8-12H2,1-3H3,(H,17,22). The van der Waals surface area contributed by atoms with Gasteiger partial charge in [-0.05, 0) is 38.4 Å². The van der Waals surface area contributed by atoms with Crippen LogP contribution in [0.5, 0.6) is 11.5 Å². The molecule has 0 radical (unpaired) electrons. The highest BCUT2D eigenvalue weighted by molar-refractivity contribution is 7.80. The maximum atomic E-state index is 6.06. The second-order valence-electron chi connectivity index (χ2n) is 5.66. The summed E-state index contributed by atoms with van der Waals surface area (Å²) in [4.78, 5) is 4.30. The van der Waals surface area contributed by atoms with E-state index in [2.05, 4.69) is 29.2 Å². The zero-order valence-corrected chi connectivity index (χ0v) is 14.4. The van der Waals surface area contributed by atoms with E-state index in [1.807, 2.05) is 24.3 Å². The first kappa shape index (κ1) is 16.8. The molecule has 6 heteroatoms. The summed E-state index contributed by atoms with van der Waals surface area (Å²) in [7, 11) is 5.77. The summed E-state index contributed by atoms with van der Waals surface area (Å²) in [5.74, 6) is 1.57. The first-order chi connectivity index (χ1) is 10.6. The Bertz CT molecular complexity index is 496. The van der Waals surface area contributed by atoms with E-state index in [4.69, 9.17) is 21.7 Å². The first-order valence-corrected chi connectivity index (χ1v) is 7.98. The van der Waals surface area contributed by atoms with Crippen LogP contribution in [0.3, 0.4) is 0 Å². The lowest BCUT2D eigenvalue weighted by Gasteiger charge is -2.21. The van der Waals surface area contributed by atoms with E-state index in [9.17, 15) is 0 Å². The lowest BCUT2D eigenvalue weighted by atomic mass is 10.3. The molecule has 0 saturated carbocycles. The van der Waals surface area contributed by atoms with Gasteiger partial charge in [-0.1, -0.05) is 12.1 Å². The lowest BCUT2D eigenvalue weighted by Crippen LogP contribution is -2.41. The van der Waals surface area contributed by atoms with E-state index in [-0.39, 0.29) is 6.10 Å². The van der Waals surface area contributed by atoms with Crippen LogP contribution in [0.15, 0.2) is 24.3 Å². The van der Waals surface area contributed by atoms with Crippen LogP contribution in [0.1, 0.15) is 6.42 Å². The Morgan fingerprint density at radius 2 is 2.09 bits per heavy atom. The van der Waals surface area contributed by atoms with Gasteiger partial charge in [-0.2, -0.15) is 0 Å². The van der Waals surface area contributed by atoms with Crippen molar-refractivity contribution in [2.75, 3.05) is 47.4 Å². The Balaban J connectivity index is 1.81. The van der Waals surface area contributed by atoms with Crippen molar-refractivity contribution in [1.82, 2.24) is 15.1 Å². The topological polar surface area (TPSA) is 37.0 Å². The molecule has 22 heavy (non-hydrogen) atoms. The van der Waals surface area contributed by atoms with Crippen molar-refractivity contribution in [3.8, 4) is 11.5 Å². The van der Waals surface area contributed by atoms with Crippen LogP contribution in [0.4, 0.5) is 0 Å². The molecular formula is C16H25N3O2S. The van der Waals surface area contributed by atoms with Gasteiger partial charge in [-0.15, -0.1) is 0 Å². The van der Waals surface area contributed by atoms with Crippen LogP contribution in [0.25, 0.3) is 0 Å². The van der Waals surface area contributed by atoms with Crippen molar-refractivity contribution < 1.29 is 9.47 Å². The number of likely N-dealkylation sites (tertiary alicyclic amines) is 1. The van der Waals surface area contributed by atoms with E-state index in [0.29, 0.717) is 0 Å². The van der Waals surface area contributed by atoms with Crippen LogP contribution in [-0.4, -0.2) is 68.4 Å². The zero-order valence-electron chi connectivity index (χ0n) is 13.5. The van der Waals surface area contributed by atoms with Gasteiger partial charge < -0.3 is 24.6 Å². The summed E-state index contributed by atoms with van der Waals surface area (Å²) in [6.45, 7) is 3.56. The Hall–Kier alpha value is -1.53. The number of nitrogens with one attached hydrogen (secondary N) is 1. The summed E-state index contributed by atoms with van der Waals surface area (Å²) in [6, 6.07) is 7.75. The SMILES string of the molecule is COc1ccccc1OC1CCN(C(=S)NCCN(C)C)C1. The van der Waals surface area contributed by atoms with E-state index in [0.717, 1.165) is 49.2 Å². The van der Waals surface area contributed by atoms with Crippen LogP contribution in [0, 0.1) is 0 Å². The number of likely N-dealkylation sites (N-methyl/N-ethyl adjacent to an activating group) is 1. The monoisotopic (exact) mass is 323 g/mol. The molecule has 0 amide bonds. The summed E-state index contributed by atoms with van der Waals surface area (Å²) < 4.78 is 11.4. The fraction of sp³-hybridized carbons (Fsp3) is 0.562. The zero-order chi connectivity index (χ0) is 15.9. The highest BCUT2D eigenvalue weighted by atomic mass is 32.1. The van der Waals surface area contributed by atoms with Crippen molar-refractivity contribution in [3.05, 3.63) is 24.3 Å². The maximum Gasteiger partial charge on any atom is 0.169 e. The summed E-state index contributed by atoms with van der Waals surface area (Å²) in [5.41, 5.74) is 0. The van der Waals surface area contributed by atoms with Gasteiger partial charge in [0.25, 0.3) is 0 Å².